The van der Waals surface area contributed by atoms with E-state index in [-0.39, 0.29) is 6.03 Å². The molecule has 23 heavy (non-hydrogen) atoms. The number of carbonyl (C=O) groups is 1. The Labute approximate surface area is 134 Å². The van der Waals surface area contributed by atoms with Gasteiger partial charge in [-0.25, -0.2) is 9.48 Å². The molecule has 2 amide bonds. The lowest BCUT2D eigenvalue weighted by atomic mass is 10.2. The summed E-state index contributed by atoms with van der Waals surface area (Å²) in [5, 5.41) is 7.30. The topological polar surface area (TPSA) is 68.6 Å². The zero-order valence-corrected chi connectivity index (χ0v) is 13.5. The second-order valence-electron chi connectivity index (χ2n) is 5.37. The van der Waals surface area contributed by atoms with Gasteiger partial charge in [0.05, 0.1) is 19.9 Å². The maximum Gasteiger partial charge on any atom is 0.327 e. The van der Waals surface area contributed by atoms with Crippen LogP contribution < -0.4 is 19.7 Å². The van der Waals surface area contributed by atoms with Crippen LogP contribution in [-0.4, -0.2) is 36.6 Å². The van der Waals surface area contributed by atoms with Gasteiger partial charge in [-0.2, -0.15) is 5.10 Å². The number of urea groups is 1. The zero-order valence-electron chi connectivity index (χ0n) is 13.5. The van der Waals surface area contributed by atoms with Gasteiger partial charge < -0.3 is 14.8 Å². The molecular weight excluding hydrogens is 296 g/mol. The number of rotatable bonds is 3. The Morgan fingerprint density at radius 2 is 1.96 bits per heavy atom. The van der Waals surface area contributed by atoms with Gasteiger partial charge in [0.1, 0.15) is 5.82 Å². The molecule has 7 nitrogen and oxygen atoms in total. The number of amides is 2. The van der Waals surface area contributed by atoms with Gasteiger partial charge >= 0.3 is 6.03 Å². The molecule has 3 rings (SSSR count). The Morgan fingerprint density at radius 1 is 1.17 bits per heavy atom. The van der Waals surface area contributed by atoms with Crippen LogP contribution in [0.4, 0.5) is 16.3 Å². The van der Waals surface area contributed by atoms with Crippen LogP contribution in [0, 0.1) is 6.92 Å². The van der Waals surface area contributed by atoms with E-state index in [1.54, 1.807) is 37.3 Å². The first-order valence-electron chi connectivity index (χ1n) is 7.47. The number of hydrogen-bond donors (Lipinski definition) is 1. The van der Waals surface area contributed by atoms with Crippen molar-refractivity contribution in [3.63, 3.8) is 0 Å². The van der Waals surface area contributed by atoms with E-state index in [0.717, 1.165) is 24.5 Å². The number of ether oxygens (including phenoxy) is 2. The first-order chi connectivity index (χ1) is 11.1. The van der Waals surface area contributed by atoms with Gasteiger partial charge in [-0.3, -0.25) is 4.90 Å². The highest BCUT2D eigenvalue weighted by Gasteiger charge is 2.24. The number of fused-ring (bicyclic) bond motifs is 1. The number of anilines is 2. The summed E-state index contributed by atoms with van der Waals surface area (Å²) in [6.45, 7) is 3.43. The van der Waals surface area contributed by atoms with Gasteiger partial charge in [0.25, 0.3) is 0 Å². The van der Waals surface area contributed by atoms with Crippen molar-refractivity contribution >= 4 is 17.5 Å². The molecule has 0 aliphatic carbocycles. The fraction of sp³-hybridized carbons (Fsp3) is 0.375. The van der Waals surface area contributed by atoms with Crippen molar-refractivity contribution in [2.75, 3.05) is 31.0 Å². The molecule has 0 atom stereocenters. The van der Waals surface area contributed by atoms with Crippen LogP contribution in [0.5, 0.6) is 11.5 Å². The maximum absolute atomic E-state index is 12.6. The van der Waals surface area contributed by atoms with Gasteiger partial charge in [0.15, 0.2) is 11.5 Å². The molecule has 0 radical (unpaired) electrons. The second-order valence-corrected chi connectivity index (χ2v) is 5.37. The second kappa shape index (κ2) is 6.20. The molecule has 2 aromatic rings. The quantitative estimate of drug-likeness (QED) is 0.945. The predicted molar refractivity (Wildman–Crippen MR) is 87.5 cm³/mol. The number of nitrogens with zero attached hydrogens (tertiary/aromatic N) is 3. The lowest BCUT2D eigenvalue weighted by molar-refractivity contribution is 0.255. The Balaban J connectivity index is 1.80. The van der Waals surface area contributed by atoms with Crippen molar-refractivity contribution in [2.45, 2.75) is 19.9 Å². The lowest BCUT2D eigenvalue weighted by Gasteiger charge is -2.27. The number of methoxy groups -OCH3 is 2. The minimum atomic E-state index is -0.182. The van der Waals surface area contributed by atoms with Gasteiger partial charge in [-0.05, 0) is 25.5 Å². The third-order valence-electron chi connectivity index (χ3n) is 3.79. The molecule has 0 spiro atoms. The van der Waals surface area contributed by atoms with Crippen LogP contribution in [0.2, 0.25) is 0 Å². The molecule has 2 heterocycles. The number of carbonyl (C=O) groups excluding carboxylic acids is 1. The standard InChI is InChI=1S/C16H20N4O3/c1-11-9-15-19(7-4-8-20(15)18-11)16(21)17-12-5-6-13(22-2)14(10-12)23-3/h5-6,9-10H,4,7-8H2,1-3H3,(H,17,21). The molecule has 0 saturated carbocycles. The van der Waals surface area contributed by atoms with Crippen molar-refractivity contribution < 1.29 is 14.3 Å². The average Bonchev–Trinajstić information content (AvgIpc) is 2.94. The molecule has 1 aromatic heterocycles. The van der Waals surface area contributed by atoms with Crippen LogP contribution in [0.1, 0.15) is 12.1 Å². The number of aromatic nitrogens is 2. The van der Waals surface area contributed by atoms with E-state index in [1.165, 1.54) is 0 Å². The predicted octanol–water partition coefficient (Wildman–Crippen LogP) is 2.65. The molecule has 0 unspecified atom stereocenters. The van der Waals surface area contributed by atoms with E-state index < -0.39 is 0 Å². The summed E-state index contributed by atoms with van der Waals surface area (Å²) in [6.07, 6.45) is 0.882. The third kappa shape index (κ3) is 2.94. The van der Waals surface area contributed by atoms with Crippen LogP contribution >= 0.6 is 0 Å². The van der Waals surface area contributed by atoms with Crippen molar-refractivity contribution in [1.29, 1.82) is 0 Å². The maximum atomic E-state index is 12.6. The summed E-state index contributed by atoms with van der Waals surface area (Å²) >= 11 is 0. The highest BCUT2D eigenvalue weighted by Crippen LogP contribution is 2.30. The van der Waals surface area contributed by atoms with Crippen LogP contribution in [0.3, 0.4) is 0 Å². The van der Waals surface area contributed by atoms with Crippen LogP contribution in [-0.2, 0) is 6.54 Å². The molecule has 1 aliphatic heterocycles. The fourth-order valence-electron chi connectivity index (χ4n) is 2.72. The molecule has 0 bridgehead atoms. The summed E-state index contributed by atoms with van der Waals surface area (Å²) in [4.78, 5) is 14.3. The van der Waals surface area contributed by atoms with E-state index in [1.807, 2.05) is 17.7 Å². The first-order valence-corrected chi connectivity index (χ1v) is 7.47. The number of benzene rings is 1. The molecule has 0 fully saturated rings. The lowest BCUT2D eigenvalue weighted by Crippen LogP contribution is -2.40. The van der Waals surface area contributed by atoms with E-state index in [0.29, 0.717) is 23.7 Å². The monoisotopic (exact) mass is 316 g/mol. The molecule has 7 heteroatoms. The summed E-state index contributed by atoms with van der Waals surface area (Å²) in [5.74, 6) is 2.02. The van der Waals surface area contributed by atoms with Crippen molar-refractivity contribution in [2.24, 2.45) is 0 Å². The van der Waals surface area contributed by atoms with Crippen molar-refractivity contribution in [3.8, 4) is 11.5 Å². The van der Waals surface area contributed by atoms with Gasteiger partial charge in [0, 0.05) is 30.9 Å². The Bertz CT molecular complexity index is 726. The van der Waals surface area contributed by atoms with Gasteiger partial charge in [0.2, 0.25) is 0 Å². The third-order valence-corrected chi connectivity index (χ3v) is 3.79. The van der Waals surface area contributed by atoms with E-state index in [4.69, 9.17) is 9.47 Å². The number of hydrogen-bond acceptors (Lipinski definition) is 4. The fourth-order valence-corrected chi connectivity index (χ4v) is 2.72. The highest BCUT2D eigenvalue weighted by atomic mass is 16.5. The Hall–Kier alpha value is -2.70. The Kier molecular flexibility index (Phi) is 4.10. The molecule has 122 valence electrons. The highest BCUT2D eigenvalue weighted by molar-refractivity contribution is 6.01. The normalized spacial score (nSPS) is 13.4. The van der Waals surface area contributed by atoms with Crippen LogP contribution in [0.15, 0.2) is 24.3 Å². The minimum Gasteiger partial charge on any atom is -0.493 e. The molecular formula is C16H20N4O3. The summed E-state index contributed by atoms with van der Waals surface area (Å²) < 4.78 is 12.3. The first kappa shape index (κ1) is 15.2. The molecule has 0 saturated heterocycles. The minimum absolute atomic E-state index is 0.182. The number of aryl methyl sites for hydroxylation is 2. The molecule has 1 N–H and O–H groups in total. The summed E-state index contributed by atoms with van der Waals surface area (Å²) in [6, 6.07) is 7.03. The molecule has 1 aromatic carbocycles. The zero-order chi connectivity index (χ0) is 16.4. The smallest absolute Gasteiger partial charge is 0.327 e. The summed E-state index contributed by atoms with van der Waals surface area (Å²) in [7, 11) is 3.14. The van der Waals surface area contributed by atoms with Crippen molar-refractivity contribution in [1.82, 2.24) is 9.78 Å². The molecule has 1 aliphatic rings. The number of nitrogens with one attached hydrogen (secondary N) is 1. The average molecular weight is 316 g/mol. The van der Waals surface area contributed by atoms with E-state index in [9.17, 15) is 4.79 Å². The van der Waals surface area contributed by atoms with Crippen molar-refractivity contribution in [3.05, 3.63) is 30.0 Å². The largest absolute Gasteiger partial charge is 0.493 e. The van der Waals surface area contributed by atoms with Gasteiger partial charge in [-0.15, -0.1) is 0 Å². The van der Waals surface area contributed by atoms with E-state index in [2.05, 4.69) is 10.4 Å². The van der Waals surface area contributed by atoms with Crippen LogP contribution in [0.25, 0.3) is 0 Å². The Morgan fingerprint density at radius 3 is 2.70 bits per heavy atom. The van der Waals surface area contributed by atoms with Gasteiger partial charge in [-0.1, -0.05) is 0 Å². The van der Waals surface area contributed by atoms with E-state index >= 15 is 0 Å². The summed E-state index contributed by atoms with van der Waals surface area (Å²) in [5.41, 5.74) is 1.56. The SMILES string of the molecule is COc1ccc(NC(=O)N2CCCn3nc(C)cc32)cc1OC.